The van der Waals surface area contributed by atoms with Crippen molar-refractivity contribution in [1.29, 1.82) is 0 Å². The fourth-order valence-electron chi connectivity index (χ4n) is 1.88. The minimum atomic E-state index is -3.05. The van der Waals surface area contributed by atoms with Crippen molar-refractivity contribution >= 4 is 23.1 Å². The minimum absolute atomic E-state index is 0.378. The molecule has 0 aromatic heterocycles. The molecule has 6 heteroatoms. The van der Waals surface area contributed by atoms with Gasteiger partial charge in [0, 0.05) is 12.1 Å². The Bertz CT molecular complexity index is 529. The van der Waals surface area contributed by atoms with E-state index < -0.39 is 30.5 Å². The van der Waals surface area contributed by atoms with Crippen molar-refractivity contribution in [3.05, 3.63) is 30.3 Å². The van der Waals surface area contributed by atoms with E-state index in [9.17, 15) is 18.4 Å². The number of anilines is 1. The van der Waals surface area contributed by atoms with Crippen LogP contribution in [-0.4, -0.2) is 23.8 Å². The fraction of sp³-hybridized carbons (Fsp3) is 0.308. The van der Waals surface area contributed by atoms with Gasteiger partial charge in [0.15, 0.2) is 5.78 Å². The molecule has 0 spiro atoms. The summed E-state index contributed by atoms with van der Waals surface area (Å²) in [6, 6.07) is 8.65. The Labute approximate surface area is 108 Å². The molecule has 0 saturated carbocycles. The number of halogens is 2. The normalized spacial score (nSPS) is 18.9. The maximum absolute atomic E-state index is 12.2. The van der Waals surface area contributed by atoms with Crippen LogP contribution in [0.25, 0.3) is 0 Å². The highest BCUT2D eigenvalue weighted by molar-refractivity contribution is 6.16. The lowest BCUT2D eigenvalue weighted by Crippen LogP contribution is -2.30. The molecule has 1 unspecified atom stereocenters. The van der Waals surface area contributed by atoms with E-state index in [-0.39, 0.29) is 0 Å². The van der Waals surface area contributed by atoms with Gasteiger partial charge in [-0.2, -0.15) is 5.10 Å². The third-order valence-electron chi connectivity index (χ3n) is 2.92. The second-order valence-electron chi connectivity index (χ2n) is 4.25. The molecule has 2 rings (SSSR count). The summed E-state index contributed by atoms with van der Waals surface area (Å²) in [6.07, 6.45) is -3.55. The van der Waals surface area contributed by atoms with Crippen molar-refractivity contribution < 1.29 is 18.4 Å². The van der Waals surface area contributed by atoms with Crippen LogP contribution < -0.4 is 5.01 Å². The molecule has 0 bridgehead atoms. The number of amides is 1. The van der Waals surface area contributed by atoms with Gasteiger partial charge in [-0.1, -0.05) is 18.2 Å². The quantitative estimate of drug-likeness (QED) is 0.839. The van der Waals surface area contributed by atoms with Crippen LogP contribution in [-0.2, 0) is 9.59 Å². The topological polar surface area (TPSA) is 49.7 Å². The average molecular weight is 266 g/mol. The first-order valence-electron chi connectivity index (χ1n) is 5.75. The molecule has 1 aromatic carbocycles. The van der Waals surface area contributed by atoms with E-state index >= 15 is 0 Å². The van der Waals surface area contributed by atoms with Gasteiger partial charge in [0.05, 0.1) is 11.6 Å². The van der Waals surface area contributed by atoms with Crippen LogP contribution in [0, 0.1) is 5.92 Å². The van der Waals surface area contributed by atoms with E-state index in [0.717, 1.165) is 5.01 Å². The van der Waals surface area contributed by atoms with E-state index in [0.29, 0.717) is 11.4 Å². The standard InChI is InChI=1S/C13H12F2N2O2/c1-8-10(7-11(18)12(14)15)13(19)17(16-8)9-5-3-2-4-6-9/h2-6,10,12H,7H2,1H3. The number of carbonyl (C=O) groups excluding carboxylic acids is 2. The highest BCUT2D eigenvalue weighted by Crippen LogP contribution is 2.26. The number of hydrazone groups is 1. The Balaban J connectivity index is 2.17. The molecule has 0 radical (unpaired) electrons. The fourth-order valence-corrected chi connectivity index (χ4v) is 1.88. The molecule has 1 heterocycles. The maximum Gasteiger partial charge on any atom is 0.296 e. The van der Waals surface area contributed by atoms with Gasteiger partial charge < -0.3 is 0 Å². The van der Waals surface area contributed by atoms with Gasteiger partial charge in [-0.25, -0.2) is 13.8 Å². The predicted molar refractivity (Wildman–Crippen MR) is 66.2 cm³/mol. The zero-order valence-electron chi connectivity index (χ0n) is 10.2. The predicted octanol–water partition coefficient (Wildman–Crippen LogP) is 2.25. The zero-order chi connectivity index (χ0) is 14.0. The van der Waals surface area contributed by atoms with Crippen LogP contribution in [0.15, 0.2) is 35.4 Å². The number of benzene rings is 1. The molecule has 1 aliphatic rings. The molecule has 0 aliphatic carbocycles. The number of ketones is 1. The average Bonchev–Trinajstić information content (AvgIpc) is 2.67. The van der Waals surface area contributed by atoms with Crippen molar-refractivity contribution in [2.45, 2.75) is 19.8 Å². The molecule has 0 N–H and O–H groups in total. The summed E-state index contributed by atoms with van der Waals surface area (Å²) in [6.45, 7) is 1.56. The summed E-state index contributed by atoms with van der Waals surface area (Å²) in [5.74, 6) is -2.57. The van der Waals surface area contributed by atoms with E-state index in [2.05, 4.69) is 5.10 Å². The van der Waals surface area contributed by atoms with Gasteiger partial charge in [-0.15, -0.1) is 0 Å². The Morgan fingerprint density at radius 2 is 2.00 bits per heavy atom. The van der Waals surface area contributed by atoms with Crippen molar-refractivity contribution in [2.24, 2.45) is 11.0 Å². The zero-order valence-corrected chi connectivity index (χ0v) is 10.2. The number of nitrogens with zero attached hydrogens (tertiary/aromatic N) is 2. The number of hydrogen-bond acceptors (Lipinski definition) is 3. The molecular formula is C13H12F2N2O2. The lowest BCUT2D eigenvalue weighted by Gasteiger charge is -2.13. The third kappa shape index (κ3) is 2.67. The van der Waals surface area contributed by atoms with Crippen molar-refractivity contribution in [3.8, 4) is 0 Å². The molecule has 100 valence electrons. The van der Waals surface area contributed by atoms with Gasteiger partial charge >= 0.3 is 0 Å². The second kappa shape index (κ2) is 5.26. The first kappa shape index (κ1) is 13.3. The van der Waals surface area contributed by atoms with Gasteiger partial charge in [0.2, 0.25) is 0 Å². The molecule has 0 fully saturated rings. The summed E-state index contributed by atoms with van der Waals surface area (Å²) in [5.41, 5.74) is 0.932. The van der Waals surface area contributed by atoms with Crippen LogP contribution in [0.2, 0.25) is 0 Å². The van der Waals surface area contributed by atoms with Crippen LogP contribution in [0.3, 0.4) is 0 Å². The number of hydrogen-bond donors (Lipinski definition) is 0. The van der Waals surface area contributed by atoms with Gasteiger partial charge in [0.25, 0.3) is 12.3 Å². The molecular weight excluding hydrogens is 254 g/mol. The van der Waals surface area contributed by atoms with Gasteiger partial charge in [-0.05, 0) is 19.1 Å². The van der Waals surface area contributed by atoms with Crippen molar-refractivity contribution in [1.82, 2.24) is 0 Å². The second-order valence-corrected chi connectivity index (χ2v) is 4.25. The molecule has 19 heavy (non-hydrogen) atoms. The lowest BCUT2D eigenvalue weighted by atomic mass is 9.98. The first-order valence-corrected chi connectivity index (χ1v) is 5.75. The van der Waals surface area contributed by atoms with Crippen LogP contribution >= 0.6 is 0 Å². The summed E-state index contributed by atoms with van der Waals surface area (Å²) in [7, 11) is 0. The molecule has 1 aromatic rings. The highest BCUT2D eigenvalue weighted by Gasteiger charge is 2.37. The van der Waals surface area contributed by atoms with Crippen LogP contribution in [0.4, 0.5) is 14.5 Å². The van der Waals surface area contributed by atoms with Crippen molar-refractivity contribution in [2.75, 3.05) is 5.01 Å². The van der Waals surface area contributed by atoms with Crippen molar-refractivity contribution in [3.63, 3.8) is 0 Å². The highest BCUT2D eigenvalue weighted by atomic mass is 19.3. The minimum Gasteiger partial charge on any atom is -0.293 e. The number of para-hydroxylation sites is 1. The third-order valence-corrected chi connectivity index (χ3v) is 2.92. The number of carbonyl (C=O) groups is 2. The Morgan fingerprint density at radius 1 is 1.37 bits per heavy atom. The van der Waals surface area contributed by atoms with Crippen LogP contribution in [0.5, 0.6) is 0 Å². The molecule has 1 amide bonds. The van der Waals surface area contributed by atoms with E-state index in [1.807, 2.05) is 0 Å². The Kier molecular flexibility index (Phi) is 3.69. The molecule has 1 aliphatic heterocycles. The summed E-state index contributed by atoms with van der Waals surface area (Å²) < 4.78 is 24.5. The van der Waals surface area contributed by atoms with Crippen LogP contribution in [0.1, 0.15) is 13.3 Å². The van der Waals surface area contributed by atoms with E-state index in [4.69, 9.17) is 0 Å². The Hall–Kier alpha value is -2.11. The smallest absolute Gasteiger partial charge is 0.293 e. The summed E-state index contributed by atoms with van der Waals surface area (Å²) in [4.78, 5) is 23.1. The first-order chi connectivity index (χ1) is 9.00. The molecule has 4 nitrogen and oxygen atoms in total. The summed E-state index contributed by atoms with van der Waals surface area (Å²) >= 11 is 0. The van der Waals surface area contributed by atoms with Gasteiger partial charge in [-0.3, -0.25) is 9.59 Å². The molecule has 1 atom stereocenters. The van der Waals surface area contributed by atoms with E-state index in [1.165, 1.54) is 0 Å². The number of alkyl halides is 2. The van der Waals surface area contributed by atoms with E-state index in [1.54, 1.807) is 37.3 Å². The SMILES string of the molecule is CC1=NN(c2ccccc2)C(=O)C1CC(=O)C(F)F. The largest absolute Gasteiger partial charge is 0.296 e. The summed E-state index contributed by atoms with van der Waals surface area (Å²) in [5, 5.41) is 5.19. The molecule has 0 saturated heterocycles. The number of rotatable bonds is 4. The monoisotopic (exact) mass is 266 g/mol. The lowest BCUT2D eigenvalue weighted by molar-refractivity contribution is -0.132. The van der Waals surface area contributed by atoms with Gasteiger partial charge in [0.1, 0.15) is 0 Å². The number of Topliss-reactive ketones (excluding diaryl/α,β-unsaturated/α-hetero) is 1. The Morgan fingerprint density at radius 3 is 2.58 bits per heavy atom. The maximum atomic E-state index is 12.2.